The van der Waals surface area contributed by atoms with Gasteiger partial charge in [0.25, 0.3) is 0 Å². The Hall–Kier alpha value is -0.310. The third kappa shape index (κ3) is 5.82. The van der Waals surface area contributed by atoms with Crippen LogP contribution in [-0.2, 0) is 10.7 Å². The van der Waals surface area contributed by atoms with E-state index in [1.54, 1.807) is 0 Å². The van der Waals surface area contributed by atoms with Crippen molar-refractivity contribution in [2.24, 2.45) is 5.92 Å². The van der Waals surface area contributed by atoms with Crippen LogP contribution in [0.15, 0.2) is 12.7 Å². The minimum Gasteiger partial charge on any atom is -0.232 e. The number of allylic oxidation sites excluding steroid dienone is 1. The van der Waals surface area contributed by atoms with Crippen molar-refractivity contribution in [3.63, 3.8) is 0 Å². The van der Waals surface area contributed by atoms with Crippen molar-refractivity contribution in [2.75, 3.05) is 5.75 Å². The van der Waals surface area contributed by atoms with Gasteiger partial charge in [0.15, 0.2) is 0 Å². The van der Waals surface area contributed by atoms with E-state index in [4.69, 9.17) is 0 Å². The summed E-state index contributed by atoms with van der Waals surface area (Å²) < 4.78 is 20.2. The predicted octanol–water partition coefficient (Wildman–Crippen LogP) is 1.20. The molecule has 60 valence electrons. The first-order chi connectivity index (χ1) is 4.66. The van der Waals surface area contributed by atoms with Gasteiger partial charge >= 0.3 is 0 Å². The monoisotopic (exact) mass is 162 g/mol. The fourth-order valence-corrected chi connectivity index (χ4v) is 1.38. The van der Waals surface area contributed by atoms with Crippen molar-refractivity contribution in [3.8, 4) is 0 Å². The Morgan fingerprint density at radius 1 is 1.60 bits per heavy atom. The van der Waals surface area contributed by atoms with Crippen LogP contribution in [-0.4, -0.2) is 14.2 Å². The minimum atomic E-state index is -2.18. The van der Waals surface area contributed by atoms with Crippen molar-refractivity contribution in [2.45, 2.75) is 19.8 Å². The Bertz CT molecular complexity index is 153. The lowest BCUT2D eigenvalue weighted by atomic mass is 10.1. The molecule has 0 aromatic carbocycles. The lowest BCUT2D eigenvalue weighted by molar-refractivity contribution is 0.560. The molecule has 0 aliphatic rings. The van der Waals surface area contributed by atoms with E-state index in [9.17, 15) is 8.42 Å². The van der Waals surface area contributed by atoms with Crippen LogP contribution in [0.1, 0.15) is 19.8 Å². The molecule has 0 aliphatic heterocycles. The lowest BCUT2D eigenvalue weighted by Crippen LogP contribution is -1.97. The van der Waals surface area contributed by atoms with Gasteiger partial charge in [-0.15, -0.1) is 6.58 Å². The Morgan fingerprint density at radius 3 is 2.60 bits per heavy atom. The Morgan fingerprint density at radius 2 is 2.20 bits per heavy atom. The van der Waals surface area contributed by atoms with Crippen LogP contribution in [0.3, 0.4) is 0 Å². The highest BCUT2D eigenvalue weighted by Crippen LogP contribution is 2.06. The standard InChI is InChI=1S/C7H14O2S/c1-3-4-7(2)5-6-10(8)9/h3,7,10H,1,4-6H2,2H3/t7-/m1/s1. The predicted molar refractivity (Wildman–Crippen MR) is 43.8 cm³/mol. The van der Waals surface area contributed by atoms with E-state index >= 15 is 0 Å². The fraction of sp³-hybridized carbons (Fsp3) is 0.714. The van der Waals surface area contributed by atoms with Crippen LogP contribution in [0.2, 0.25) is 0 Å². The molecule has 3 heteroatoms. The van der Waals surface area contributed by atoms with Gasteiger partial charge in [-0.05, 0) is 18.8 Å². The third-order valence-electron chi connectivity index (χ3n) is 1.37. The first kappa shape index (κ1) is 9.69. The van der Waals surface area contributed by atoms with Gasteiger partial charge in [0.2, 0.25) is 0 Å². The molecule has 0 rings (SSSR count). The molecule has 0 amide bonds. The molecule has 2 nitrogen and oxygen atoms in total. The average molecular weight is 162 g/mol. The fourth-order valence-electron chi connectivity index (χ4n) is 0.728. The van der Waals surface area contributed by atoms with Gasteiger partial charge in [0.1, 0.15) is 10.7 Å². The molecular weight excluding hydrogens is 148 g/mol. The van der Waals surface area contributed by atoms with Crippen LogP contribution in [0, 0.1) is 5.92 Å². The largest absolute Gasteiger partial charge is 0.232 e. The summed E-state index contributed by atoms with van der Waals surface area (Å²) >= 11 is 0. The van der Waals surface area contributed by atoms with E-state index in [2.05, 4.69) is 6.58 Å². The molecule has 0 unspecified atom stereocenters. The third-order valence-corrected chi connectivity index (χ3v) is 2.00. The molecular formula is C7H14O2S. The van der Waals surface area contributed by atoms with Gasteiger partial charge in [0, 0.05) is 5.75 Å². The van der Waals surface area contributed by atoms with Crippen molar-refractivity contribution in [1.29, 1.82) is 0 Å². The Labute approximate surface area is 63.9 Å². The van der Waals surface area contributed by atoms with Crippen LogP contribution < -0.4 is 0 Å². The molecule has 0 aromatic rings. The molecule has 1 atom stereocenters. The highest BCUT2D eigenvalue weighted by Gasteiger charge is 1.98. The van der Waals surface area contributed by atoms with E-state index in [0.29, 0.717) is 11.7 Å². The van der Waals surface area contributed by atoms with Crippen LogP contribution >= 0.6 is 0 Å². The summed E-state index contributed by atoms with van der Waals surface area (Å²) in [4.78, 5) is 0. The highest BCUT2D eigenvalue weighted by atomic mass is 32.2. The van der Waals surface area contributed by atoms with Crippen molar-refractivity contribution in [3.05, 3.63) is 12.7 Å². The van der Waals surface area contributed by atoms with Crippen molar-refractivity contribution >= 4 is 10.7 Å². The number of hydrogen-bond donors (Lipinski definition) is 1. The van der Waals surface area contributed by atoms with Gasteiger partial charge in [-0.25, -0.2) is 8.42 Å². The zero-order valence-corrected chi connectivity index (χ0v) is 7.14. The van der Waals surface area contributed by atoms with Crippen LogP contribution in [0.5, 0.6) is 0 Å². The van der Waals surface area contributed by atoms with E-state index < -0.39 is 10.7 Å². The van der Waals surface area contributed by atoms with Crippen LogP contribution in [0.25, 0.3) is 0 Å². The zero-order valence-electron chi connectivity index (χ0n) is 6.25. The van der Waals surface area contributed by atoms with Crippen molar-refractivity contribution < 1.29 is 8.42 Å². The van der Waals surface area contributed by atoms with Gasteiger partial charge in [-0.1, -0.05) is 13.0 Å². The Kier molecular flexibility index (Phi) is 5.30. The second-order valence-electron chi connectivity index (χ2n) is 2.47. The second-order valence-corrected chi connectivity index (χ2v) is 3.59. The summed E-state index contributed by atoms with van der Waals surface area (Å²) in [6.45, 7) is 5.61. The molecule has 0 aromatic heterocycles. The minimum absolute atomic E-state index is 0.310. The molecule has 0 N–H and O–H groups in total. The summed E-state index contributed by atoms with van der Waals surface area (Å²) in [5.74, 6) is 0.759. The molecule has 0 heterocycles. The molecule has 0 saturated carbocycles. The second kappa shape index (κ2) is 5.47. The maximum Gasteiger partial charge on any atom is 0.140 e. The molecule has 0 saturated heterocycles. The number of thiol groups is 1. The summed E-state index contributed by atoms with van der Waals surface area (Å²) in [5, 5.41) is 0. The van der Waals surface area contributed by atoms with Crippen LogP contribution in [0.4, 0.5) is 0 Å². The molecule has 0 aliphatic carbocycles. The van der Waals surface area contributed by atoms with Crippen molar-refractivity contribution in [1.82, 2.24) is 0 Å². The van der Waals surface area contributed by atoms with E-state index in [-0.39, 0.29) is 0 Å². The summed E-state index contributed by atoms with van der Waals surface area (Å²) in [6, 6.07) is 0. The van der Waals surface area contributed by atoms with E-state index in [1.165, 1.54) is 0 Å². The van der Waals surface area contributed by atoms with Gasteiger partial charge < -0.3 is 0 Å². The lowest BCUT2D eigenvalue weighted by Gasteiger charge is -2.03. The number of rotatable bonds is 5. The smallest absolute Gasteiger partial charge is 0.140 e. The molecule has 0 spiro atoms. The maximum atomic E-state index is 10.1. The molecule has 0 fully saturated rings. The quantitative estimate of drug-likeness (QED) is 0.487. The molecule has 0 bridgehead atoms. The SMILES string of the molecule is C=CC[C@@H](C)CC[SH](=O)=O. The summed E-state index contributed by atoms with van der Waals surface area (Å²) in [5.41, 5.74) is 0. The first-order valence-electron chi connectivity index (χ1n) is 3.39. The van der Waals surface area contributed by atoms with Gasteiger partial charge in [-0.2, -0.15) is 0 Å². The van der Waals surface area contributed by atoms with Gasteiger partial charge in [-0.3, -0.25) is 0 Å². The van der Waals surface area contributed by atoms with E-state index in [1.807, 2.05) is 13.0 Å². The Balaban J connectivity index is 3.38. The number of hydrogen-bond acceptors (Lipinski definition) is 2. The molecule has 10 heavy (non-hydrogen) atoms. The first-order valence-corrected chi connectivity index (χ1v) is 4.75. The zero-order chi connectivity index (χ0) is 7.98. The maximum absolute atomic E-state index is 10.1. The average Bonchev–Trinajstić information content (AvgIpc) is 1.85. The summed E-state index contributed by atoms with van der Waals surface area (Å²) in [7, 11) is -2.18. The highest BCUT2D eigenvalue weighted by molar-refractivity contribution is 7.72. The topological polar surface area (TPSA) is 34.1 Å². The summed E-state index contributed by atoms with van der Waals surface area (Å²) in [6.07, 6.45) is 3.48. The molecule has 0 radical (unpaired) electrons. The van der Waals surface area contributed by atoms with Gasteiger partial charge in [0.05, 0.1) is 0 Å². The van der Waals surface area contributed by atoms with E-state index in [0.717, 1.165) is 12.8 Å². The normalized spacial score (nSPS) is 13.4.